The predicted molar refractivity (Wildman–Crippen MR) is 122 cm³/mol. The second kappa shape index (κ2) is 9.26. The average molecular weight is 485 g/mol. The minimum absolute atomic E-state index is 0.00281. The van der Waals surface area contributed by atoms with E-state index in [1.807, 2.05) is 20.8 Å². The highest BCUT2D eigenvalue weighted by atomic mass is 35.5. The van der Waals surface area contributed by atoms with Gasteiger partial charge in [-0.1, -0.05) is 43.6 Å². The predicted octanol–water partition coefficient (Wildman–Crippen LogP) is 4.30. The zero-order valence-electron chi connectivity index (χ0n) is 19.0. The van der Waals surface area contributed by atoms with Gasteiger partial charge in [-0.05, 0) is 18.1 Å². The third kappa shape index (κ3) is 5.09. The molecule has 34 heavy (non-hydrogen) atoms. The highest BCUT2D eigenvalue weighted by Gasteiger charge is 2.24. The Labute approximate surface area is 199 Å². The lowest BCUT2D eigenvalue weighted by Crippen LogP contribution is -2.12. The van der Waals surface area contributed by atoms with E-state index >= 15 is 4.39 Å². The summed E-state index contributed by atoms with van der Waals surface area (Å²) in [5.41, 5.74) is 0.897. The van der Waals surface area contributed by atoms with Gasteiger partial charge in [0.2, 0.25) is 23.4 Å². The van der Waals surface area contributed by atoms with Gasteiger partial charge < -0.3 is 9.84 Å². The number of nitrogens with zero attached hydrogens (tertiary/aromatic N) is 7. The summed E-state index contributed by atoms with van der Waals surface area (Å²) >= 11 is 6.28. The number of ketones is 1. The molecule has 0 aliphatic heterocycles. The van der Waals surface area contributed by atoms with Gasteiger partial charge in [0.15, 0.2) is 11.6 Å². The first-order valence-electron chi connectivity index (χ1n) is 10.4. The van der Waals surface area contributed by atoms with Crippen molar-refractivity contribution in [1.29, 1.82) is 0 Å². The molecule has 0 fully saturated rings. The topological polar surface area (TPSA) is 125 Å². The molecule has 4 rings (SSSR count). The number of aromatic nitrogens is 7. The summed E-state index contributed by atoms with van der Waals surface area (Å²) in [6, 6.07) is 3.17. The number of rotatable bonds is 7. The Bertz CT molecular complexity index is 1340. The Morgan fingerprint density at radius 3 is 2.71 bits per heavy atom. The summed E-state index contributed by atoms with van der Waals surface area (Å²) < 4.78 is 21.9. The first-order valence-corrected chi connectivity index (χ1v) is 10.8. The Morgan fingerprint density at radius 2 is 2.03 bits per heavy atom. The molecule has 12 heteroatoms. The van der Waals surface area contributed by atoms with Crippen molar-refractivity contribution in [2.75, 3.05) is 5.32 Å². The molecule has 0 aliphatic carbocycles. The number of anilines is 2. The van der Waals surface area contributed by atoms with Gasteiger partial charge in [-0.2, -0.15) is 15.1 Å². The van der Waals surface area contributed by atoms with Crippen LogP contribution < -0.4 is 5.32 Å². The molecule has 176 valence electrons. The van der Waals surface area contributed by atoms with Crippen molar-refractivity contribution in [1.82, 2.24) is 34.9 Å². The van der Waals surface area contributed by atoms with Crippen LogP contribution in [0.1, 0.15) is 49.3 Å². The van der Waals surface area contributed by atoms with E-state index in [1.54, 1.807) is 30.2 Å². The van der Waals surface area contributed by atoms with Crippen LogP contribution in [0.5, 0.6) is 0 Å². The minimum atomic E-state index is -0.681. The van der Waals surface area contributed by atoms with Gasteiger partial charge in [0.25, 0.3) is 0 Å². The minimum Gasteiger partial charge on any atom is -0.338 e. The number of aryl methyl sites for hydroxylation is 2. The van der Waals surface area contributed by atoms with E-state index in [4.69, 9.17) is 16.1 Å². The molecule has 1 aromatic carbocycles. The molecule has 3 aromatic heterocycles. The smallest absolute Gasteiger partial charge is 0.238 e. The van der Waals surface area contributed by atoms with Crippen molar-refractivity contribution < 1.29 is 13.7 Å². The molecule has 10 nitrogen and oxygen atoms in total. The Morgan fingerprint density at radius 1 is 1.24 bits per heavy atom. The van der Waals surface area contributed by atoms with Gasteiger partial charge in [-0.3, -0.25) is 9.48 Å². The van der Waals surface area contributed by atoms with Crippen LogP contribution in [-0.4, -0.2) is 40.7 Å². The third-order valence-corrected chi connectivity index (χ3v) is 5.28. The van der Waals surface area contributed by atoms with Gasteiger partial charge in [0.1, 0.15) is 6.33 Å². The van der Waals surface area contributed by atoms with Gasteiger partial charge in [0, 0.05) is 25.1 Å². The molecule has 0 amide bonds. The SMILES string of the molecule is Cn1cc(Nc2ncnc(-c3ccc(CCC(=O)c4noc(C(C)(C)C)n4)c(Cl)c3F)n2)cn1. The maximum Gasteiger partial charge on any atom is 0.238 e. The maximum atomic E-state index is 15.1. The molecular weight excluding hydrogens is 463 g/mol. The summed E-state index contributed by atoms with van der Waals surface area (Å²) in [4.78, 5) is 29.0. The Kier molecular flexibility index (Phi) is 6.38. The molecule has 0 radical (unpaired) electrons. The van der Waals surface area contributed by atoms with Gasteiger partial charge in [-0.15, -0.1) is 0 Å². The molecule has 0 saturated carbocycles. The standard InChI is InChI=1S/C22H22ClFN8O2/c1-22(2,3)20-29-19(31-34-20)15(33)8-6-12-5-7-14(17(24)16(12)23)18-25-11-26-21(30-18)28-13-9-27-32(4)10-13/h5,7,9-11H,6,8H2,1-4H3,(H,25,26,28,30). The monoisotopic (exact) mass is 484 g/mol. The maximum absolute atomic E-state index is 15.1. The number of Topliss-reactive ketones (excluding diaryl/α,β-unsaturated/α-hetero) is 1. The number of hydrogen-bond acceptors (Lipinski definition) is 9. The summed E-state index contributed by atoms with van der Waals surface area (Å²) in [6.45, 7) is 5.72. The summed E-state index contributed by atoms with van der Waals surface area (Å²) in [5, 5.41) is 10.7. The van der Waals surface area contributed by atoms with Crippen LogP contribution >= 0.6 is 11.6 Å². The zero-order chi connectivity index (χ0) is 24.5. The van der Waals surface area contributed by atoms with Crippen LogP contribution in [-0.2, 0) is 18.9 Å². The lowest BCUT2D eigenvalue weighted by atomic mass is 9.97. The van der Waals surface area contributed by atoms with Crippen molar-refractivity contribution in [3.05, 3.63) is 59.0 Å². The fourth-order valence-corrected chi connectivity index (χ4v) is 3.32. The molecule has 0 saturated heterocycles. The summed E-state index contributed by atoms with van der Waals surface area (Å²) in [7, 11) is 1.78. The molecule has 0 bridgehead atoms. The van der Waals surface area contributed by atoms with E-state index in [9.17, 15) is 4.79 Å². The number of benzene rings is 1. The quantitative estimate of drug-likeness (QED) is 0.382. The van der Waals surface area contributed by atoms with E-state index in [0.29, 0.717) is 17.1 Å². The highest BCUT2D eigenvalue weighted by molar-refractivity contribution is 6.31. The number of carbonyl (C=O) groups excluding carboxylic acids is 1. The number of hydrogen-bond donors (Lipinski definition) is 1. The number of halogens is 2. The molecular formula is C22H22ClFN8O2. The van der Waals surface area contributed by atoms with E-state index in [2.05, 4.69) is 35.5 Å². The van der Waals surface area contributed by atoms with Gasteiger partial charge in [-0.25, -0.2) is 14.4 Å². The molecule has 0 aliphatic rings. The van der Waals surface area contributed by atoms with Gasteiger partial charge in [0.05, 0.1) is 22.5 Å². The lowest BCUT2D eigenvalue weighted by molar-refractivity contribution is 0.0970. The van der Waals surface area contributed by atoms with Gasteiger partial charge >= 0.3 is 0 Å². The van der Waals surface area contributed by atoms with Crippen molar-refractivity contribution in [2.45, 2.75) is 39.0 Å². The molecule has 1 N–H and O–H groups in total. The highest BCUT2D eigenvalue weighted by Crippen LogP contribution is 2.30. The van der Waals surface area contributed by atoms with Crippen LogP contribution in [0.2, 0.25) is 5.02 Å². The zero-order valence-corrected chi connectivity index (χ0v) is 19.8. The molecule has 0 atom stereocenters. The van der Waals surface area contributed by atoms with E-state index in [-0.39, 0.29) is 52.2 Å². The summed E-state index contributed by atoms with van der Waals surface area (Å²) in [6.07, 6.45) is 4.88. The first kappa shape index (κ1) is 23.4. The third-order valence-electron chi connectivity index (χ3n) is 4.87. The fraction of sp³-hybridized carbons (Fsp3) is 0.318. The number of carbonyl (C=O) groups is 1. The van der Waals surface area contributed by atoms with Crippen molar-refractivity contribution in [3.8, 4) is 11.4 Å². The van der Waals surface area contributed by atoms with Crippen LogP contribution in [0, 0.1) is 5.82 Å². The molecule has 4 aromatic rings. The van der Waals surface area contributed by atoms with Crippen molar-refractivity contribution in [2.24, 2.45) is 7.05 Å². The average Bonchev–Trinajstić information content (AvgIpc) is 3.44. The lowest BCUT2D eigenvalue weighted by Gasteiger charge is -2.10. The number of nitrogens with one attached hydrogen (secondary N) is 1. The van der Waals surface area contributed by atoms with Crippen LogP contribution in [0.25, 0.3) is 11.4 Å². The fourth-order valence-electron chi connectivity index (χ4n) is 3.06. The van der Waals surface area contributed by atoms with E-state index in [0.717, 1.165) is 0 Å². The van der Waals surface area contributed by atoms with Crippen molar-refractivity contribution >= 4 is 29.0 Å². The van der Waals surface area contributed by atoms with Crippen molar-refractivity contribution in [3.63, 3.8) is 0 Å². The second-order valence-electron chi connectivity index (χ2n) is 8.66. The van der Waals surface area contributed by atoms with E-state index in [1.165, 1.54) is 12.4 Å². The Balaban J connectivity index is 1.48. The van der Waals surface area contributed by atoms with Crippen LogP contribution in [0.15, 0.2) is 35.4 Å². The van der Waals surface area contributed by atoms with Crippen LogP contribution in [0.3, 0.4) is 0 Å². The molecule has 0 spiro atoms. The second-order valence-corrected chi connectivity index (χ2v) is 9.03. The molecule has 0 unspecified atom stereocenters. The Hall–Kier alpha value is -3.73. The van der Waals surface area contributed by atoms with Crippen LogP contribution in [0.4, 0.5) is 16.0 Å². The largest absolute Gasteiger partial charge is 0.338 e. The first-order chi connectivity index (χ1) is 16.1. The van der Waals surface area contributed by atoms with E-state index < -0.39 is 5.82 Å². The molecule has 3 heterocycles. The normalized spacial score (nSPS) is 11.6. The summed E-state index contributed by atoms with van der Waals surface area (Å²) in [5.74, 6) is -0.276.